The van der Waals surface area contributed by atoms with Crippen molar-refractivity contribution in [3.8, 4) is 0 Å². The van der Waals surface area contributed by atoms with Crippen LogP contribution in [0.4, 0.5) is 26.3 Å². The molecule has 20 heavy (non-hydrogen) atoms. The van der Waals surface area contributed by atoms with Crippen LogP contribution in [0.2, 0.25) is 0 Å². The lowest BCUT2D eigenvalue weighted by molar-refractivity contribution is -0.321. The van der Waals surface area contributed by atoms with Crippen LogP contribution < -0.4 is 11.5 Å². The number of hydrogen-bond donors (Lipinski definition) is 2. The van der Waals surface area contributed by atoms with Crippen molar-refractivity contribution in [3.05, 3.63) is 0 Å². The lowest BCUT2D eigenvalue weighted by atomic mass is 9.96. The van der Waals surface area contributed by atoms with Crippen molar-refractivity contribution in [3.63, 3.8) is 0 Å². The van der Waals surface area contributed by atoms with Crippen LogP contribution in [0.25, 0.3) is 0 Å². The molecule has 0 bridgehead atoms. The van der Waals surface area contributed by atoms with E-state index in [9.17, 15) is 31.1 Å². The summed E-state index contributed by atoms with van der Waals surface area (Å²) in [6, 6.07) is 0. The molecular weight excluding hydrogens is 294 g/mol. The Kier molecular flexibility index (Phi) is 6.27. The fourth-order valence-electron chi connectivity index (χ4n) is 1.29. The van der Waals surface area contributed by atoms with Gasteiger partial charge in [-0.3, -0.25) is 4.79 Å². The molecule has 0 aliphatic carbocycles. The number of hydrogen-bond acceptors (Lipinski definition) is 3. The van der Waals surface area contributed by atoms with E-state index in [1.165, 1.54) is 6.92 Å². The SMILES string of the molecule is CC(N)(CCCCOC(C(F)(F)F)C(F)(F)F)C(N)=O. The molecule has 1 amide bonds. The van der Waals surface area contributed by atoms with Gasteiger partial charge in [-0.15, -0.1) is 0 Å². The average Bonchev–Trinajstić information content (AvgIpc) is 2.18. The monoisotopic (exact) mass is 310 g/mol. The number of alkyl halides is 6. The lowest BCUT2D eigenvalue weighted by Crippen LogP contribution is -2.49. The average molecular weight is 310 g/mol. The molecule has 1 unspecified atom stereocenters. The lowest BCUT2D eigenvalue weighted by Gasteiger charge is -2.23. The topological polar surface area (TPSA) is 78.3 Å². The van der Waals surface area contributed by atoms with E-state index in [0.717, 1.165) is 0 Å². The summed E-state index contributed by atoms with van der Waals surface area (Å²) in [7, 11) is 0. The molecule has 0 heterocycles. The quantitative estimate of drug-likeness (QED) is 0.556. The minimum absolute atomic E-state index is 0.0361. The summed E-state index contributed by atoms with van der Waals surface area (Å²) < 4.78 is 76.4. The van der Waals surface area contributed by atoms with Crippen LogP contribution in [0.5, 0.6) is 0 Å². The Bertz CT molecular complexity index is 313. The number of rotatable bonds is 7. The second-order valence-corrected chi connectivity index (χ2v) is 4.57. The van der Waals surface area contributed by atoms with Gasteiger partial charge in [0.2, 0.25) is 12.0 Å². The molecule has 0 rings (SSSR count). The molecule has 0 radical (unpaired) electrons. The van der Waals surface area contributed by atoms with E-state index in [2.05, 4.69) is 4.74 Å². The first-order valence-corrected chi connectivity index (χ1v) is 5.62. The van der Waals surface area contributed by atoms with Crippen LogP contribution >= 0.6 is 0 Å². The van der Waals surface area contributed by atoms with Crippen molar-refractivity contribution in [1.29, 1.82) is 0 Å². The van der Waals surface area contributed by atoms with Crippen molar-refractivity contribution >= 4 is 5.91 Å². The van der Waals surface area contributed by atoms with Crippen molar-refractivity contribution < 1.29 is 35.9 Å². The summed E-state index contributed by atoms with van der Waals surface area (Å²) >= 11 is 0. The Labute approximate surface area is 111 Å². The number of carbonyl (C=O) groups is 1. The van der Waals surface area contributed by atoms with Gasteiger partial charge in [0.1, 0.15) is 0 Å². The van der Waals surface area contributed by atoms with Crippen molar-refractivity contribution in [2.45, 2.75) is 50.2 Å². The van der Waals surface area contributed by atoms with E-state index in [4.69, 9.17) is 11.5 Å². The predicted molar refractivity (Wildman–Crippen MR) is 57.5 cm³/mol. The summed E-state index contributed by atoms with van der Waals surface area (Å²) in [5.41, 5.74) is 9.07. The second-order valence-electron chi connectivity index (χ2n) is 4.57. The fourth-order valence-corrected chi connectivity index (χ4v) is 1.29. The minimum atomic E-state index is -5.52. The number of ether oxygens (including phenoxy) is 1. The first-order valence-electron chi connectivity index (χ1n) is 5.62. The molecule has 1 atom stereocenters. The summed E-state index contributed by atoms with van der Waals surface area (Å²) in [6.45, 7) is 0.572. The van der Waals surface area contributed by atoms with Gasteiger partial charge in [-0.25, -0.2) is 0 Å². The molecule has 0 aromatic carbocycles. The number of carbonyl (C=O) groups excluding carboxylic acids is 1. The van der Waals surface area contributed by atoms with Gasteiger partial charge in [0.05, 0.1) is 5.54 Å². The van der Waals surface area contributed by atoms with E-state index in [1.54, 1.807) is 0 Å². The highest BCUT2D eigenvalue weighted by molar-refractivity contribution is 5.83. The zero-order valence-electron chi connectivity index (χ0n) is 10.6. The van der Waals surface area contributed by atoms with E-state index < -0.39 is 36.5 Å². The maximum Gasteiger partial charge on any atom is 0.423 e. The molecule has 0 aliphatic rings. The highest BCUT2D eigenvalue weighted by Gasteiger charge is 2.57. The van der Waals surface area contributed by atoms with E-state index in [1.807, 2.05) is 0 Å². The first kappa shape index (κ1) is 19.0. The fraction of sp³-hybridized carbons (Fsp3) is 0.900. The van der Waals surface area contributed by atoms with Crippen LogP contribution in [0.3, 0.4) is 0 Å². The van der Waals surface area contributed by atoms with Crippen LogP contribution in [-0.2, 0) is 9.53 Å². The molecule has 4 nitrogen and oxygen atoms in total. The third-order valence-corrected chi connectivity index (χ3v) is 2.53. The van der Waals surface area contributed by atoms with E-state index >= 15 is 0 Å². The Hall–Kier alpha value is -1.03. The number of primary amides is 1. The summed E-state index contributed by atoms with van der Waals surface area (Å²) in [6.07, 6.45) is -14.8. The first-order chi connectivity index (χ1) is 8.78. The van der Waals surface area contributed by atoms with Crippen molar-refractivity contribution in [2.24, 2.45) is 11.5 Å². The largest absolute Gasteiger partial charge is 0.423 e. The normalized spacial score (nSPS) is 16.2. The van der Waals surface area contributed by atoms with Crippen LogP contribution in [0, 0.1) is 0 Å². The second kappa shape index (κ2) is 6.61. The molecule has 0 saturated carbocycles. The van der Waals surface area contributed by atoms with E-state index in [-0.39, 0.29) is 19.3 Å². The zero-order valence-corrected chi connectivity index (χ0v) is 10.6. The van der Waals surface area contributed by atoms with Gasteiger partial charge in [-0.05, 0) is 26.2 Å². The Morgan fingerprint density at radius 3 is 1.90 bits per heavy atom. The molecule has 0 aromatic rings. The van der Waals surface area contributed by atoms with E-state index in [0.29, 0.717) is 0 Å². The summed E-state index contributed by atoms with van der Waals surface area (Å²) in [5, 5.41) is 0. The highest BCUT2D eigenvalue weighted by atomic mass is 19.4. The number of halogens is 6. The molecule has 120 valence electrons. The summed E-state index contributed by atoms with van der Waals surface area (Å²) in [4.78, 5) is 10.8. The standard InChI is InChI=1S/C10H16F6N2O2/c1-8(18,7(17)19)4-2-3-5-20-6(9(11,12)13)10(14,15)16/h6H,2-5,18H2,1H3,(H2,17,19). The highest BCUT2D eigenvalue weighted by Crippen LogP contribution is 2.35. The molecule has 0 saturated heterocycles. The van der Waals surface area contributed by atoms with Crippen LogP contribution in [0.15, 0.2) is 0 Å². The molecule has 0 spiro atoms. The third-order valence-electron chi connectivity index (χ3n) is 2.53. The minimum Gasteiger partial charge on any atom is -0.368 e. The van der Waals surface area contributed by atoms with Gasteiger partial charge in [-0.1, -0.05) is 0 Å². The molecule has 0 aromatic heterocycles. The van der Waals surface area contributed by atoms with Gasteiger partial charge in [0, 0.05) is 6.61 Å². The van der Waals surface area contributed by atoms with Gasteiger partial charge < -0.3 is 16.2 Å². The number of unbranched alkanes of at least 4 members (excludes halogenated alkanes) is 1. The molecule has 4 N–H and O–H groups in total. The maximum absolute atomic E-state index is 12.1. The molecule has 0 aliphatic heterocycles. The van der Waals surface area contributed by atoms with Gasteiger partial charge in [-0.2, -0.15) is 26.3 Å². The smallest absolute Gasteiger partial charge is 0.368 e. The van der Waals surface area contributed by atoms with Gasteiger partial charge in [0.25, 0.3) is 0 Å². The number of amides is 1. The van der Waals surface area contributed by atoms with Crippen LogP contribution in [-0.4, -0.2) is 36.5 Å². The Morgan fingerprint density at radius 1 is 1.10 bits per heavy atom. The maximum atomic E-state index is 12.1. The Balaban J connectivity index is 4.20. The molecular formula is C10H16F6N2O2. The van der Waals surface area contributed by atoms with Crippen molar-refractivity contribution in [2.75, 3.05) is 6.61 Å². The van der Waals surface area contributed by atoms with Gasteiger partial charge in [0.15, 0.2) is 0 Å². The summed E-state index contributed by atoms with van der Waals surface area (Å²) in [5.74, 6) is -0.804. The Morgan fingerprint density at radius 2 is 1.55 bits per heavy atom. The van der Waals surface area contributed by atoms with Crippen LogP contribution in [0.1, 0.15) is 26.2 Å². The molecule has 0 fully saturated rings. The molecule has 10 heteroatoms. The third kappa shape index (κ3) is 6.42. The number of nitrogens with two attached hydrogens (primary N) is 2. The van der Waals surface area contributed by atoms with Gasteiger partial charge >= 0.3 is 12.4 Å². The predicted octanol–water partition coefficient (Wildman–Crippen LogP) is 1.87. The van der Waals surface area contributed by atoms with Crippen molar-refractivity contribution in [1.82, 2.24) is 0 Å². The zero-order chi connectivity index (χ0) is 16.2.